The van der Waals surface area contributed by atoms with E-state index in [2.05, 4.69) is 4.90 Å². The monoisotopic (exact) mass is 433 g/mol. The fourth-order valence-electron chi connectivity index (χ4n) is 4.97. The molecule has 0 spiro atoms. The largest absolute Gasteiger partial charge is 0.493 e. The van der Waals surface area contributed by atoms with Gasteiger partial charge in [-0.3, -0.25) is 4.79 Å². The fourth-order valence-corrected chi connectivity index (χ4v) is 4.97. The van der Waals surface area contributed by atoms with Gasteiger partial charge in [0.15, 0.2) is 18.1 Å². The van der Waals surface area contributed by atoms with E-state index >= 15 is 0 Å². The first-order valence-electron chi connectivity index (χ1n) is 11.4. The van der Waals surface area contributed by atoms with Gasteiger partial charge in [-0.15, -0.1) is 0 Å². The van der Waals surface area contributed by atoms with E-state index in [0.717, 1.165) is 51.4 Å². The van der Waals surface area contributed by atoms with Gasteiger partial charge >= 0.3 is 5.97 Å². The van der Waals surface area contributed by atoms with Crippen molar-refractivity contribution in [2.24, 2.45) is 0 Å². The Morgan fingerprint density at radius 1 is 0.806 bits per heavy atom. The van der Waals surface area contributed by atoms with Crippen LogP contribution in [0, 0.1) is 0 Å². The summed E-state index contributed by atoms with van der Waals surface area (Å²) in [5.41, 5.74) is 0.204. The molecule has 0 radical (unpaired) electrons. The first-order chi connectivity index (χ1) is 15.1. The summed E-state index contributed by atoms with van der Waals surface area (Å²) in [7, 11) is 4.44. The molecular formula is C24H35NO6. The summed E-state index contributed by atoms with van der Waals surface area (Å²) in [6, 6.07) is 3.71. The number of benzene rings is 1. The minimum absolute atomic E-state index is 0.0911. The van der Waals surface area contributed by atoms with Gasteiger partial charge in [0, 0.05) is 12.1 Å². The molecule has 0 aliphatic heterocycles. The molecule has 0 bridgehead atoms. The predicted molar refractivity (Wildman–Crippen MR) is 117 cm³/mol. The highest BCUT2D eigenvalue weighted by molar-refractivity contribution is 5.95. The number of ether oxygens (including phenoxy) is 4. The van der Waals surface area contributed by atoms with Crippen LogP contribution >= 0.6 is 0 Å². The summed E-state index contributed by atoms with van der Waals surface area (Å²) in [6.45, 7) is -0.261. The second kappa shape index (κ2) is 11.3. The molecule has 7 nitrogen and oxygen atoms in total. The van der Waals surface area contributed by atoms with Crippen molar-refractivity contribution in [1.29, 1.82) is 0 Å². The molecule has 2 fully saturated rings. The van der Waals surface area contributed by atoms with Crippen LogP contribution in [-0.4, -0.2) is 56.8 Å². The molecule has 1 aromatic carbocycles. The summed E-state index contributed by atoms with van der Waals surface area (Å²) in [4.78, 5) is 28.1. The van der Waals surface area contributed by atoms with Gasteiger partial charge in [-0.1, -0.05) is 38.5 Å². The Morgan fingerprint density at radius 2 is 1.35 bits per heavy atom. The van der Waals surface area contributed by atoms with Gasteiger partial charge in [0.2, 0.25) is 5.75 Å². The lowest BCUT2D eigenvalue weighted by molar-refractivity contribution is -0.141. The van der Waals surface area contributed by atoms with E-state index in [9.17, 15) is 9.59 Å². The molecule has 1 amide bonds. The Balaban J connectivity index is 1.72. The van der Waals surface area contributed by atoms with E-state index < -0.39 is 5.97 Å². The van der Waals surface area contributed by atoms with Crippen LogP contribution in [0.15, 0.2) is 12.1 Å². The molecule has 2 aliphatic rings. The maximum absolute atomic E-state index is 13.2. The zero-order valence-electron chi connectivity index (χ0n) is 19.0. The van der Waals surface area contributed by atoms with Gasteiger partial charge in [-0.2, -0.15) is 0 Å². The first-order valence-corrected chi connectivity index (χ1v) is 11.4. The van der Waals surface area contributed by atoms with Crippen molar-refractivity contribution >= 4 is 11.9 Å². The predicted octanol–water partition coefficient (Wildman–Crippen LogP) is 4.36. The second-order valence-electron chi connectivity index (χ2n) is 8.34. The normalized spacial score (nSPS) is 17.6. The topological polar surface area (TPSA) is 74.3 Å². The number of esters is 1. The van der Waals surface area contributed by atoms with Crippen LogP contribution in [0.4, 0.5) is 0 Å². The third-order valence-corrected chi connectivity index (χ3v) is 6.47. The number of hydrogen-bond donors (Lipinski definition) is 0. The fraction of sp³-hybridized carbons (Fsp3) is 0.667. The lowest BCUT2D eigenvalue weighted by Gasteiger charge is -2.41. The highest BCUT2D eigenvalue weighted by Gasteiger charge is 2.33. The van der Waals surface area contributed by atoms with Gasteiger partial charge in [-0.05, 0) is 37.8 Å². The van der Waals surface area contributed by atoms with Crippen molar-refractivity contribution < 1.29 is 28.5 Å². The summed E-state index contributed by atoms with van der Waals surface area (Å²) >= 11 is 0. The SMILES string of the molecule is COc1ccc(C(=O)OCC(=O)N(C2CCCCC2)C2CCCCC2)c(OC)c1OC. The third kappa shape index (κ3) is 5.43. The van der Waals surface area contributed by atoms with Crippen LogP contribution in [0.25, 0.3) is 0 Å². The van der Waals surface area contributed by atoms with Gasteiger partial charge in [0.25, 0.3) is 5.91 Å². The highest BCUT2D eigenvalue weighted by Crippen LogP contribution is 2.40. The Labute approximate surface area is 185 Å². The summed E-state index contributed by atoms with van der Waals surface area (Å²) < 4.78 is 21.4. The minimum Gasteiger partial charge on any atom is -0.493 e. The summed E-state index contributed by atoms with van der Waals surface area (Å²) in [5.74, 6) is 0.297. The standard InChI is InChI=1S/C24H35NO6/c1-28-20-15-14-19(22(29-2)23(20)30-3)24(27)31-16-21(26)25(17-10-6-4-7-11-17)18-12-8-5-9-13-18/h14-15,17-18H,4-13,16H2,1-3H3. The maximum Gasteiger partial charge on any atom is 0.342 e. The van der Waals surface area contributed by atoms with Crippen molar-refractivity contribution in [3.63, 3.8) is 0 Å². The van der Waals surface area contributed by atoms with Crippen molar-refractivity contribution in [3.8, 4) is 17.2 Å². The van der Waals surface area contributed by atoms with Crippen LogP contribution in [0.3, 0.4) is 0 Å². The van der Waals surface area contributed by atoms with Gasteiger partial charge < -0.3 is 23.8 Å². The maximum atomic E-state index is 13.2. The summed E-state index contributed by atoms with van der Waals surface area (Å²) in [5, 5.41) is 0. The Bertz CT molecular complexity index is 735. The number of rotatable bonds is 8. The third-order valence-electron chi connectivity index (χ3n) is 6.47. The molecule has 0 unspecified atom stereocenters. The van der Waals surface area contributed by atoms with Crippen molar-refractivity contribution in [1.82, 2.24) is 4.90 Å². The van der Waals surface area contributed by atoms with Crippen LogP contribution in [-0.2, 0) is 9.53 Å². The zero-order valence-corrected chi connectivity index (χ0v) is 19.0. The number of carbonyl (C=O) groups is 2. The van der Waals surface area contributed by atoms with E-state index in [4.69, 9.17) is 18.9 Å². The molecule has 0 N–H and O–H groups in total. The zero-order chi connectivity index (χ0) is 22.2. The summed E-state index contributed by atoms with van der Waals surface area (Å²) in [6.07, 6.45) is 11.3. The minimum atomic E-state index is -0.613. The molecular weight excluding hydrogens is 398 g/mol. The van der Waals surface area contributed by atoms with Gasteiger partial charge in [-0.25, -0.2) is 4.79 Å². The van der Waals surface area contributed by atoms with Gasteiger partial charge in [0.05, 0.1) is 21.3 Å². The highest BCUT2D eigenvalue weighted by atomic mass is 16.5. The second-order valence-corrected chi connectivity index (χ2v) is 8.34. The molecule has 2 saturated carbocycles. The lowest BCUT2D eigenvalue weighted by atomic mass is 9.88. The van der Waals surface area contributed by atoms with Crippen LogP contribution < -0.4 is 14.2 Å². The van der Waals surface area contributed by atoms with Crippen LogP contribution in [0.5, 0.6) is 17.2 Å². The van der Waals surface area contributed by atoms with E-state index in [1.54, 1.807) is 12.1 Å². The van der Waals surface area contributed by atoms with Crippen molar-refractivity contribution in [3.05, 3.63) is 17.7 Å². The van der Waals surface area contributed by atoms with E-state index in [1.807, 2.05) is 0 Å². The van der Waals surface area contributed by atoms with E-state index in [-0.39, 0.29) is 35.9 Å². The number of methoxy groups -OCH3 is 3. The molecule has 2 aliphatic carbocycles. The number of carbonyl (C=O) groups excluding carboxylic acids is 2. The number of nitrogens with zero attached hydrogens (tertiary/aromatic N) is 1. The smallest absolute Gasteiger partial charge is 0.342 e. The van der Waals surface area contributed by atoms with Crippen molar-refractivity contribution in [2.45, 2.75) is 76.3 Å². The Kier molecular flexibility index (Phi) is 8.43. The lowest BCUT2D eigenvalue weighted by Crippen LogP contribution is -2.50. The quantitative estimate of drug-likeness (QED) is 0.567. The molecule has 172 valence electrons. The molecule has 7 heteroatoms. The average Bonchev–Trinajstić information content (AvgIpc) is 2.82. The van der Waals surface area contributed by atoms with Gasteiger partial charge in [0.1, 0.15) is 5.56 Å². The first kappa shape index (κ1) is 23.2. The van der Waals surface area contributed by atoms with Crippen LogP contribution in [0.1, 0.15) is 74.6 Å². The molecule has 1 aromatic rings. The molecule has 0 saturated heterocycles. The molecule has 3 rings (SSSR count). The Morgan fingerprint density at radius 3 is 1.84 bits per heavy atom. The molecule has 0 aromatic heterocycles. The average molecular weight is 434 g/mol. The molecule has 0 atom stereocenters. The number of amides is 1. The number of hydrogen-bond acceptors (Lipinski definition) is 6. The van der Waals surface area contributed by atoms with E-state index in [0.29, 0.717) is 11.5 Å². The Hall–Kier alpha value is -2.44. The van der Waals surface area contributed by atoms with Crippen molar-refractivity contribution in [2.75, 3.05) is 27.9 Å². The van der Waals surface area contributed by atoms with Crippen LogP contribution in [0.2, 0.25) is 0 Å². The molecule has 31 heavy (non-hydrogen) atoms. The molecule has 0 heterocycles. The van der Waals surface area contributed by atoms with E-state index in [1.165, 1.54) is 34.2 Å².